The molecule has 0 bridgehead atoms. The van der Waals surface area contributed by atoms with Gasteiger partial charge in [-0.1, -0.05) is 30.4 Å². The fraction of sp³-hybridized carbons (Fsp3) is 0.476. The van der Waals surface area contributed by atoms with Gasteiger partial charge < -0.3 is 9.80 Å². The van der Waals surface area contributed by atoms with E-state index in [4.69, 9.17) is 4.98 Å². The van der Waals surface area contributed by atoms with Crippen LogP contribution in [0.25, 0.3) is 10.2 Å². The van der Waals surface area contributed by atoms with Gasteiger partial charge in [0, 0.05) is 32.2 Å². The van der Waals surface area contributed by atoms with Crippen molar-refractivity contribution in [3.05, 3.63) is 41.2 Å². The Kier molecular flexibility index (Phi) is 5.10. The molecular formula is C21H27N5OS. The largest absolute Gasteiger partial charge is 0.345 e. The third kappa shape index (κ3) is 3.39. The van der Waals surface area contributed by atoms with Crippen molar-refractivity contribution < 1.29 is 4.79 Å². The number of hydrogen-bond acceptors (Lipinski definition) is 5. The number of aromatic nitrogens is 3. The van der Waals surface area contributed by atoms with E-state index in [1.165, 1.54) is 10.3 Å². The molecule has 1 aromatic carbocycles. The second-order valence-corrected chi connectivity index (χ2v) is 8.61. The molecule has 0 N–H and O–H groups in total. The summed E-state index contributed by atoms with van der Waals surface area (Å²) in [5.74, 6) is 0.0755. The van der Waals surface area contributed by atoms with E-state index in [1.807, 2.05) is 22.6 Å². The van der Waals surface area contributed by atoms with Crippen LogP contribution < -0.4 is 4.90 Å². The molecular weight excluding hydrogens is 370 g/mol. The average molecular weight is 398 g/mol. The highest BCUT2D eigenvalue weighted by atomic mass is 32.1. The summed E-state index contributed by atoms with van der Waals surface area (Å²) in [5.41, 5.74) is 4.00. The minimum absolute atomic E-state index is 0.0755. The number of fused-ring (bicyclic) bond motifs is 1. The highest BCUT2D eigenvalue weighted by Gasteiger charge is 2.27. The Balaban J connectivity index is 1.48. The van der Waals surface area contributed by atoms with Gasteiger partial charge in [0.05, 0.1) is 15.9 Å². The number of carbonyl (C=O) groups excluding carboxylic acids is 1. The first-order valence-corrected chi connectivity index (χ1v) is 10.8. The number of carbonyl (C=O) groups is 1. The second-order valence-electron chi connectivity index (χ2n) is 7.60. The van der Waals surface area contributed by atoms with Crippen molar-refractivity contribution in [1.29, 1.82) is 0 Å². The van der Waals surface area contributed by atoms with Crippen molar-refractivity contribution in [1.82, 2.24) is 19.7 Å². The SMILES string of the molecule is CCc1cccc2sc(N3CCN(C(=O)c4cc(C)nn4C(C)C)CC3)nc12. The van der Waals surface area contributed by atoms with E-state index in [0.717, 1.165) is 35.9 Å². The highest BCUT2D eigenvalue weighted by molar-refractivity contribution is 7.22. The lowest BCUT2D eigenvalue weighted by molar-refractivity contribution is 0.0732. The summed E-state index contributed by atoms with van der Waals surface area (Å²) in [4.78, 5) is 22.2. The molecule has 0 saturated carbocycles. The van der Waals surface area contributed by atoms with E-state index in [9.17, 15) is 4.79 Å². The number of rotatable bonds is 4. The highest BCUT2D eigenvalue weighted by Crippen LogP contribution is 2.31. The summed E-state index contributed by atoms with van der Waals surface area (Å²) in [6, 6.07) is 8.48. The number of thiazole rings is 1. The van der Waals surface area contributed by atoms with Gasteiger partial charge in [0.1, 0.15) is 5.69 Å². The van der Waals surface area contributed by atoms with Crippen LogP contribution in [0.2, 0.25) is 0 Å². The van der Waals surface area contributed by atoms with Gasteiger partial charge >= 0.3 is 0 Å². The van der Waals surface area contributed by atoms with Gasteiger partial charge in [-0.2, -0.15) is 5.10 Å². The molecule has 0 aliphatic carbocycles. The van der Waals surface area contributed by atoms with Gasteiger partial charge in [0.25, 0.3) is 5.91 Å². The fourth-order valence-electron chi connectivity index (χ4n) is 3.75. The normalized spacial score (nSPS) is 15.0. The van der Waals surface area contributed by atoms with Crippen LogP contribution in [0.15, 0.2) is 24.3 Å². The van der Waals surface area contributed by atoms with Gasteiger partial charge in [-0.25, -0.2) is 4.98 Å². The lowest BCUT2D eigenvalue weighted by atomic mass is 10.1. The van der Waals surface area contributed by atoms with E-state index in [-0.39, 0.29) is 11.9 Å². The molecule has 1 aliphatic heterocycles. The summed E-state index contributed by atoms with van der Waals surface area (Å²) in [6.45, 7) is 11.2. The minimum Gasteiger partial charge on any atom is -0.345 e. The van der Waals surface area contributed by atoms with Crippen LogP contribution in [0, 0.1) is 6.92 Å². The monoisotopic (exact) mass is 397 g/mol. The zero-order chi connectivity index (χ0) is 19.8. The summed E-state index contributed by atoms with van der Waals surface area (Å²) in [7, 11) is 0. The first-order chi connectivity index (χ1) is 13.5. The molecule has 3 heterocycles. The van der Waals surface area contributed by atoms with Gasteiger partial charge in [-0.15, -0.1) is 0 Å². The predicted octanol–water partition coefficient (Wildman–Crippen LogP) is 3.91. The molecule has 0 spiro atoms. The minimum atomic E-state index is 0.0755. The fourth-order valence-corrected chi connectivity index (χ4v) is 4.81. The van der Waals surface area contributed by atoms with Crippen LogP contribution in [0.1, 0.15) is 48.6 Å². The van der Waals surface area contributed by atoms with Crippen LogP contribution in [0.3, 0.4) is 0 Å². The van der Waals surface area contributed by atoms with Crippen molar-refractivity contribution in [2.24, 2.45) is 0 Å². The van der Waals surface area contributed by atoms with E-state index < -0.39 is 0 Å². The van der Waals surface area contributed by atoms with Gasteiger partial charge in [-0.05, 0) is 44.9 Å². The average Bonchev–Trinajstić information content (AvgIpc) is 3.31. The summed E-state index contributed by atoms with van der Waals surface area (Å²) >= 11 is 1.75. The van der Waals surface area contributed by atoms with E-state index in [0.29, 0.717) is 18.8 Å². The quantitative estimate of drug-likeness (QED) is 0.670. The molecule has 7 heteroatoms. The van der Waals surface area contributed by atoms with Gasteiger partial charge in [0.2, 0.25) is 0 Å². The topological polar surface area (TPSA) is 54.3 Å². The van der Waals surface area contributed by atoms with Crippen LogP contribution in [0.4, 0.5) is 5.13 Å². The molecule has 6 nitrogen and oxygen atoms in total. The number of para-hydroxylation sites is 1. The molecule has 0 radical (unpaired) electrons. The number of benzene rings is 1. The van der Waals surface area contributed by atoms with Crippen molar-refractivity contribution in [3.63, 3.8) is 0 Å². The maximum absolute atomic E-state index is 13.0. The molecule has 0 atom stereocenters. The number of amides is 1. The number of aryl methyl sites for hydroxylation is 2. The predicted molar refractivity (Wildman–Crippen MR) is 114 cm³/mol. The molecule has 2 aromatic heterocycles. The molecule has 1 fully saturated rings. The Bertz CT molecular complexity index is 998. The second kappa shape index (κ2) is 7.54. The lowest BCUT2D eigenvalue weighted by Gasteiger charge is -2.34. The number of anilines is 1. The Morgan fingerprint density at radius 1 is 1.21 bits per heavy atom. The summed E-state index contributed by atoms with van der Waals surface area (Å²) in [6.07, 6.45) is 0.992. The van der Waals surface area contributed by atoms with Gasteiger partial charge in [-0.3, -0.25) is 9.48 Å². The zero-order valence-electron chi connectivity index (χ0n) is 17.0. The third-order valence-electron chi connectivity index (χ3n) is 5.28. The lowest BCUT2D eigenvalue weighted by Crippen LogP contribution is -2.49. The van der Waals surface area contributed by atoms with E-state index >= 15 is 0 Å². The molecule has 0 unspecified atom stereocenters. The van der Waals surface area contributed by atoms with Crippen molar-refractivity contribution in [3.8, 4) is 0 Å². The third-order valence-corrected chi connectivity index (χ3v) is 6.36. The van der Waals surface area contributed by atoms with Crippen LogP contribution in [-0.4, -0.2) is 51.8 Å². The molecule has 148 valence electrons. The van der Waals surface area contributed by atoms with Crippen LogP contribution >= 0.6 is 11.3 Å². The molecule has 1 saturated heterocycles. The maximum atomic E-state index is 13.0. The summed E-state index contributed by atoms with van der Waals surface area (Å²) < 4.78 is 3.08. The first-order valence-electron chi connectivity index (χ1n) is 9.96. The van der Waals surface area contributed by atoms with E-state index in [1.54, 1.807) is 11.3 Å². The molecule has 3 aromatic rings. The number of piperazine rings is 1. The smallest absolute Gasteiger partial charge is 0.272 e. The molecule has 28 heavy (non-hydrogen) atoms. The van der Waals surface area contributed by atoms with Crippen molar-refractivity contribution >= 4 is 32.6 Å². The number of hydrogen-bond donors (Lipinski definition) is 0. The zero-order valence-corrected chi connectivity index (χ0v) is 17.8. The Hall–Kier alpha value is -2.41. The Morgan fingerprint density at radius 3 is 2.64 bits per heavy atom. The van der Waals surface area contributed by atoms with Crippen LogP contribution in [0.5, 0.6) is 0 Å². The summed E-state index contributed by atoms with van der Waals surface area (Å²) in [5, 5.41) is 5.54. The Morgan fingerprint density at radius 2 is 1.96 bits per heavy atom. The maximum Gasteiger partial charge on any atom is 0.272 e. The van der Waals surface area contributed by atoms with Crippen molar-refractivity contribution in [2.45, 2.75) is 40.2 Å². The molecule has 1 amide bonds. The van der Waals surface area contributed by atoms with Crippen molar-refractivity contribution in [2.75, 3.05) is 31.1 Å². The van der Waals surface area contributed by atoms with Gasteiger partial charge in [0.15, 0.2) is 5.13 Å². The molecule has 4 rings (SSSR count). The molecule has 1 aliphatic rings. The standard InChI is InChI=1S/C21H27N5OS/c1-5-16-7-6-8-18-19(16)22-21(28-18)25-11-9-24(10-12-25)20(27)17-13-15(4)23-26(17)14(2)3/h6-8,13-14H,5,9-12H2,1-4H3. The first kappa shape index (κ1) is 18.9. The Labute approximate surface area is 169 Å². The van der Waals surface area contributed by atoms with Crippen LogP contribution in [-0.2, 0) is 6.42 Å². The van der Waals surface area contributed by atoms with E-state index in [2.05, 4.69) is 49.0 Å². The number of nitrogens with zero attached hydrogens (tertiary/aromatic N) is 5.